The molecule has 0 saturated carbocycles. The number of nitrogens with zero attached hydrogens (tertiary/aromatic N) is 3. The third-order valence-electron chi connectivity index (χ3n) is 9.45. The van der Waals surface area contributed by atoms with Gasteiger partial charge in [-0.3, -0.25) is 4.57 Å². The van der Waals surface area contributed by atoms with Crippen LogP contribution in [0.1, 0.15) is 50.3 Å². The molecular formula is C42H33N3. The number of para-hydroxylation sites is 2. The molecule has 6 aromatic rings. The summed E-state index contributed by atoms with van der Waals surface area (Å²) in [6.45, 7) is 6.58. The van der Waals surface area contributed by atoms with Crippen molar-refractivity contribution in [3.8, 4) is 29.5 Å². The van der Waals surface area contributed by atoms with Crippen molar-refractivity contribution in [2.24, 2.45) is 0 Å². The lowest BCUT2D eigenvalue weighted by molar-refractivity contribution is 0.655. The molecule has 2 heterocycles. The summed E-state index contributed by atoms with van der Waals surface area (Å²) in [5.41, 5.74) is 11.8. The number of fused-ring (bicyclic) bond motifs is 5. The Balaban J connectivity index is 1.39. The van der Waals surface area contributed by atoms with Crippen LogP contribution in [0.5, 0.6) is 0 Å². The Morgan fingerprint density at radius 2 is 1.58 bits per heavy atom. The number of aromatic nitrogens is 3. The van der Waals surface area contributed by atoms with Crippen LogP contribution in [0.2, 0.25) is 0 Å². The highest BCUT2D eigenvalue weighted by molar-refractivity contribution is 6.11. The van der Waals surface area contributed by atoms with Crippen LogP contribution in [-0.4, -0.2) is 14.5 Å². The second-order valence-corrected chi connectivity index (χ2v) is 12.4. The molecule has 0 atom stereocenters. The summed E-state index contributed by atoms with van der Waals surface area (Å²) < 4.78 is 2.21. The summed E-state index contributed by atoms with van der Waals surface area (Å²) in [5.74, 6) is 3.68. The topological polar surface area (TPSA) is 30.7 Å². The van der Waals surface area contributed by atoms with E-state index in [-0.39, 0.29) is 5.41 Å². The van der Waals surface area contributed by atoms with E-state index in [2.05, 4.69) is 134 Å². The summed E-state index contributed by atoms with van der Waals surface area (Å²) in [7, 11) is 0. The summed E-state index contributed by atoms with van der Waals surface area (Å²) in [4.78, 5) is 10.5. The predicted octanol–water partition coefficient (Wildman–Crippen LogP) is 10.4. The van der Waals surface area contributed by atoms with Crippen molar-refractivity contribution in [1.29, 1.82) is 0 Å². The highest BCUT2D eigenvalue weighted by Gasteiger charge is 2.37. The zero-order chi connectivity index (χ0) is 30.7. The quantitative estimate of drug-likeness (QED) is 0.195. The van der Waals surface area contributed by atoms with E-state index >= 15 is 0 Å². The lowest BCUT2D eigenvalue weighted by Crippen LogP contribution is -2.16. The van der Waals surface area contributed by atoms with E-state index in [1.165, 1.54) is 33.0 Å². The van der Waals surface area contributed by atoms with Crippen molar-refractivity contribution in [1.82, 2.24) is 14.5 Å². The van der Waals surface area contributed by atoms with Gasteiger partial charge in [0.15, 0.2) is 0 Å². The number of hydrogen-bond acceptors (Lipinski definition) is 2. The summed E-state index contributed by atoms with van der Waals surface area (Å²) >= 11 is 0. The normalized spacial score (nSPS) is 15.7. The standard InChI is InChI=1S/C42H33N3/c1-5-14-35-30(6-2)33-26-39-34(25-36(33)42(35,3)4)31-17-11-13-20-38(31)45(39)41-43-37-19-12-10-18-32(37)40(44-41)29-23-21-28(22-24-29)27-15-8-7-9-16-27/h2,5,8,10-26H,7,9H2,1,3-4H3/b14-5-. The molecule has 0 amide bonds. The predicted molar refractivity (Wildman–Crippen MR) is 189 cm³/mol. The van der Waals surface area contributed by atoms with Gasteiger partial charge in [0.2, 0.25) is 5.95 Å². The van der Waals surface area contributed by atoms with Gasteiger partial charge in [-0.05, 0) is 71.9 Å². The van der Waals surface area contributed by atoms with E-state index in [4.69, 9.17) is 16.4 Å². The zero-order valence-electron chi connectivity index (χ0n) is 25.8. The largest absolute Gasteiger partial charge is 0.278 e. The van der Waals surface area contributed by atoms with Crippen molar-refractivity contribution in [2.75, 3.05) is 0 Å². The van der Waals surface area contributed by atoms with E-state index in [9.17, 15) is 0 Å². The van der Waals surface area contributed by atoms with Crippen LogP contribution >= 0.6 is 0 Å². The lowest BCUT2D eigenvalue weighted by Gasteiger charge is -2.22. The molecule has 216 valence electrons. The molecule has 0 spiro atoms. The smallest absolute Gasteiger partial charge is 0.235 e. The van der Waals surface area contributed by atoms with Crippen LogP contribution in [-0.2, 0) is 5.41 Å². The van der Waals surface area contributed by atoms with Gasteiger partial charge in [-0.25, -0.2) is 9.97 Å². The van der Waals surface area contributed by atoms with E-state index in [1.807, 2.05) is 13.0 Å². The van der Waals surface area contributed by atoms with Crippen LogP contribution in [0.15, 0.2) is 121 Å². The molecule has 0 bridgehead atoms. The van der Waals surface area contributed by atoms with E-state index in [0.29, 0.717) is 5.95 Å². The van der Waals surface area contributed by atoms with Crippen molar-refractivity contribution in [2.45, 2.75) is 39.0 Å². The van der Waals surface area contributed by atoms with E-state index in [1.54, 1.807) is 0 Å². The Hall–Kier alpha value is -5.46. The van der Waals surface area contributed by atoms with E-state index in [0.717, 1.165) is 57.2 Å². The second kappa shape index (κ2) is 10.3. The number of rotatable bonds is 4. The maximum Gasteiger partial charge on any atom is 0.235 e. The number of terminal acetylenes is 1. The van der Waals surface area contributed by atoms with Gasteiger partial charge in [0.25, 0.3) is 0 Å². The van der Waals surface area contributed by atoms with Gasteiger partial charge in [-0.1, -0.05) is 111 Å². The molecule has 3 heteroatoms. The van der Waals surface area contributed by atoms with Crippen molar-refractivity contribution in [3.63, 3.8) is 0 Å². The molecule has 8 rings (SSSR count). The third kappa shape index (κ3) is 4.14. The molecule has 2 aliphatic rings. The Labute approximate surface area is 264 Å². The summed E-state index contributed by atoms with van der Waals surface area (Å²) in [5, 5.41) is 3.37. The first-order valence-corrected chi connectivity index (χ1v) is 15.7. The molecule has 0 aliphatic heterocycles. The van der Waals surface area contributed by atoms with Gasteiger partial charge in [0.05, 0.1) is 22.2 Å². The Morgan fingerprint density at radius 3 is 2.33 bits per heavy atom. The van der Waals surface area contributed by atoms with Gasteiger partial charge in [0.1, 0.15) is 0 Å². The zero-order valence-corrected chi connectivity index (χ0v) is 25.8. The fourth-order valence-corrected chi connectivity index (χ4v) is 7.20. The van der Waals surface area contributed by atoms with Crippen LogP contribution in [0.4, 0.5) is 0 Å². The fourth-order valence-electron chi connectivity index (χ4n) is 7.20. The van der Waals surface area contributed by atoms with Crippen LogP contribution in [0.25, 0.3) is 61.1 Å². The maximum absolute atomic E-state index is 6.18. The maximum atomic E-state index is 6.18. The van der Waals surface area contributed by atoms with Gasteiger partial charge in [-0.2, -0.15) is 0 Å². The molecule has 0 unspecified atom stereocenters. The molecule has 0 saturated heterocycles. The van der Waals surface area contributed by atoms with Gasteiger partial charge in [-0.15, -0.1) is 6.42 Å². The molecule has 2 aromatic heterocycles. The van der Waals surface area contributed by atoms with Crippen molar-refractivity contribution >= 4 is 43.9 Å². The highest BCUT2D eigenvalue weighted by atomic mass is 15.2. The highest BCUT2D eigenvalue weighted by Crippen LogP contribution is 2.49. The lowest BCUT2D eigenvalue weighted by atomic mass is 9.80. The molecule has 0 fully saturated rings. The molecule has 4 aromatic carbocycles. The van der Waals surface area contributed by atoms with Gasteiger partial charge in [0, 0.05) is 32.7 Å². The molecule has 45 heavy (non-hydrogen) atoms. The average Bonchev–Trinajstić information content (AvgIpc) is 3.51. The number of hydrogen-bond donors (Lipinski definition) is 0. The Bertz CT molecular complexity index is 2350. The first-order valence-electron chi connectivity index (χ1n) is 15.7. The second-order valence-electron chi connectivity index (χ2n) is 12.4. The molecule has 2 aliphatic carbocycles. The van der Waals surface area contributed by atoms with Gasteiger partial charge < -0.3 is 0 Å². The van der Waals surface area contributed by atoms with Crippen molar-refractivity contribution in [3.05, 3.63) is 138 Å². The molecule has 0 N–H and O–H groups in total. The van der Waals surface area contributed by atoms with E-state index < -0.39 is 0 Å². The van der Waals surface area contributed by atoms with Crippen molar-refractivity contribution < 1.29 is 0 Å². The minimum atomic E-state index is -0.205. The first kappa shape index (κ1) is 27.1. The SMILES string of the molecule is C#CC1=C(/C=C\C)C(C)(C)c2cc3c4ccccc4n(-c4nc(-c5ccc(C6=CCCC=C6)cc5)c5ccccc5n4)c3cc21. The minimum Gasteiger partial charge on any atom is -0.278 e. The average molecular weight is 580 g/mol. The number of benzene rings is 4. The minimum absolute atomic E-state index is 0.205. The molecule has 3 nitrogen and oxygen atoms in total. The third-order valence-corrected chi connectivity index (χ3v) is 9.45. The summed E-state index contributed by atoms with van der Waals surface area (Å²) in [6.07, 6.45) is 19.4. The molecule has 0 radical (unpaired) electrons. The van der Waals surface area contributed by atoms with Gasteiger partial charge >= 0.3 is 0 Å². The monoisotopic (exact) mass is 579 g/mol. The molecular weight excluding hydrogens is 546 g/mol. The first-order chi connectivity index (χ1) is 22.0. The van der Waals surface area contributed by atoms with Crippen LogP contribution < -0.4 is 0 Å². The van der Waals surface area contributed by atoms with Crippen LogP contribution in [0.3, 0.4) is 0 Å². The summed E-state index contributed by atoms with van der Waals surface area (Å²) in [6, 6.07) is 30.2. The van der Waals surface area contributed by atoms with Crippen LogP contribution in [0, 0.1) is 12.3 Å². The number of allylic oxidation sites excluding steroid dienone is 8. The Morgan fingerprint density at radius 1 is 0.822 bits per heavy atom. The fraction of sp³-hybridized carbons (Fsp3) is 0.143. The Kier molecular flexibility index (Phi) is 6.22.